The number of hydrogen-bond acceptors (Lipinski definition) is 4. The van der Waals surface area contributed by atoms with E-state index in [2.05, 4.69) is 70.3 Å². The van der Waals surface area contributed by atoms with Crippen molar-refractivity contribution in [3.8, 4) is 0 Å². The fraction of sp³-hybridized carbons (Fsp3) is 0.375. The van der Waals surface area contributed by atoms with Crippen LogP contribution in [-0.2, 0) is 4.79 Å². The molecule has 196 valence electrons. The van der Waals surface area contributed by atoms with Gasteiger partial charge in [0.15, 0.2) is 0 Å². The van der Waals surface area contributed by atoms with E-state index in [1.165, 1.54) is 16.0 Å². The summed E-state index contributed by atoms with van der Waals surface area (Å²) in [5.41, 5.74) is 4.24. The Labute approximate surface area is 229 Å². The number of nitrogens with zero attached hydrogens (tertiary/aromatic N) is 1. The third-order valence-corrected chi connectivity index (χ3v) is 9.40. The van der Waals surface area contributed by atoms with Crippen LogP contribution < -0.4 is 10.6 Å². The largest absolute Gasteiger partial charge is 0.378 e. The van der Waals surface area contributed by atoms with Crippen molar-refractivity contribution < 1.29 is 9.59 Å². The van der Waals surface area contributed by atoms with E-state index in [0.29, 0.717) is 11.5 Å². The predicted molar refractivity (Wildman–Crippen MR) is 153 cm³/mol. The second kappa shape index (κ2) is 10.9. The van der Waals surface area contributed by atoms with Gasteiger partial charge in [-0.15, -0.1) is 11.8 Å². The van der Waals surface area contributed by atoms with Crippen molar-refractivity contribution in [2.45, 2.75) is 55.1 Å². The van der Waals surface area contributed by atoms with Gasteiger partial charge in [-0.05, 0) is 67.0 Å². The molecule has 0 bridgehead atoms. The number of benzene rings is 3. The van der Waals surface area contributed by atoms with Crippen LogP contribution in [-0.4, -0.2) is 35.6 Å². The minimum absolute atomic E-state index is 0.0394. The molecule has 0 radical (unpaired) electrons. The number of amides is 2. The highest BCUT2D eigenvalue weighted by molar-refractivity contribution is 7.98. The quantitative estimate of drug-likeness (QED) is 0.376. The summed E-state index contributed by atoms with van der Waals surface area (Å²) >= 11 is 1.75. The zero-order chi connectivity index (χ0) is 26.1. The van der Waals surface area contributed by atoms with Crippen LogP contribution in [0.1, 0.15) is 65.7 Å². The summed E-state index contributed by atoms with van der Waals surface area (Å²) in [6, 6.07) is 26.7. The summed E-state index contributed by atoms with van der Waals surface area (Å²) in [5.74, 6) is 0.228. The molecule has 3 aromatic carbocycles. The minimum Gasteiger partial charge on any atom is -0.378 e. The first-order valence-corrected chi connectivity index (χ1v) is 15.0. The highest BCUT2D eigenvalue weighted by Crippen LogP contribution is 2.52. The molecule has 3 aromatic rings. The lowest BCUT2D eigenvalue weighted by Gasteiger charge is -2.42. The molecule has 2 aliphatic heterocycles. The van der Waals surface area contributed by atoms with Gasteiger partial charge in [-0.2, -0.15) is 0 Å². The van der Waals surface area contributed by atoms with Crippen molar-refractivity contribution in [2.75, 3.05) is 18.1 Å². The van der Waals surface area contributed by atoms with Crippen molar-refractivity contribution in [3.05, 3.63) is 95.6 Å². The van der Waals surface area contributed by atoms with Crippen molar-refractivity contribution in [1.29, 1.82) is 0 Å². The summed E-state index contributed by atoms with van der Waals surface area (Å²) in [6.07, 6.45) is 6.79. The zero-order valence-electron chi connectivity index (χ0n) is 21.8. The Bertz CT molecular complexity index is 1300. The van der Waals surface area contributed by atoms with Gasteiger partial charge in [0.05, 0.1) is 18.0 Å². The van der Waals surface area contributed by atoms with Crippen molar-refractivity contribution in [3.63, 3.8) is 0 Å². The molecule has 2 fully saturated rings. The van der Waals surface area contributed by atoms with Crippen LogP contribution in [0.15, 0.2) is 83.8 Å². The highest BCUT2D eigenvalue weighted by atomic mass is 32.2. The van der Waals surface area contributed by atoms with E-state index in [-0.39, 0.29) is 35.9 Å². The zero-order valence-corrected chi connectivity index (χ0v) is 22.6. The second-order valence-electron chi connectivity index (χ2n) is 10.7. The van der Waals surface area contributed by atoms with Gasteiger partial charge in [-0.1, -0.05) is 61.4 Å². The van der Waals surface area contributed by atoms with Crippen LogP contribution in [0, 0.1) is 11.8 Å². The lowest BCUT2D eigenvalue weighted by molar-refractivity contribution is -0.138. The number of carbonyl (C=O) groups excluding carboxylic acids is 2. The number of anilines is 1. The molecule has 6 rings (SSSR count). The van der Waals surface area contributed by atoms with Crippen molar-refractivity contribution >= 4 is 29.3 Å². The van der Waals surface area contributed by atoms with E-state index < -0.39 is 0 Å². The monoisotopic (exact) mass is 525 g/mol. The highest BCUT2D eigenvalue weighted by Gasteiger charge is 2.48. The number of hydrogen-bond donors (Lipinski definition) is 2. The van der Waals surface area contributed by atoms with Gasteiger partial charge < -0.3 is 15.5 Å². The number of fused-ring (bicyclic) bond motifs is 3. The number of thioether (sulfide) groups is 1. The Hall–Kier alpha value is -3.25. The van der Waals surface area contributed by atoms with Crippen LogP contribution in [0.3, 0.4) is 0 Å². The van der Waals surface area contributed by atoms with Crippen molar-refractivity contribution in [2.24, 2.45) is 11.8 Å². The average Bonchev–Trinajstić information content (AvgIpc) is 3.43. The molecule has 1 saturated carbocycles. The fourth-order valence-electron chi connectivity index (χ4n) is 6.77. The standard InChI is InChI=1S/C32H35N3O2S/c1-38-23-17-15-21(16-18-23)29-26-19-20-35(30(26)24-11-5-7-13-27(24)33-29)32(37)25-12-6-8-14-28(25)34-31(36)22-9-3-2-4-10-22/h2-5,7,9-11,13,15-18,25-26,28-30,33H,6,8,12,14,19-20H2,1H3,(H,34,36)/t25-,26+,28+,29-,30-/m0/s1. The predicted octanol–water partition coefficient (Wildman–Crippen LogP) is 6.45. The summed E-state index contributed by atoms with van der Waals surface area (Å²) in [4.78, 5) is 30.7. The topological polar surface area (TPSA) is 61.4 Å². The van der Waals surface area contributed by atoms with Crippen LogP contribution in [0.4, 0.5) is 5.69 Å². The van der Waals surface area contributed by atoms with E-state index in [1.807, 2.05) is 30.3 Å². The van der Waals surface area contributed by atoms with Gasteiger partial charge in [0, 0.05) is 34.7 Å². The molecule has 2 amide bonds. The molecule has 2 N–H and O–H groups in total. The molecule has 0 spiro atoms. The van der Waals surface area contributed by atoms with Crippen LogP contribution in [0.5, 0.6) is 0 Å². The molecule has 38 heavy (non-hydrogen) atoms. The molecule has 1 aliphatic carbocycles. The molecule has 0 unspecified atom stereocenters. The number of nitrogens with one attached hydrogen (secondary N) is 2. The molecule has 2 heterocycles. The number of carbonyl (C=O) groups is 2. The van der Waals surface area contributed by atoms with Gasteiger partial charge in [0.2, 0.25) is 5.91 Å². The number of rotatable bonds is 5. The van der Waals surface area contributed by atoms with Gasteiger partial charge >= 0.3 is 0 Å². The maximum absolute atomic E-state index is 14.3. The van der Waals surface area contributed by atoms with E-state index >= 15 is 0 Å². The van der Waals surface area contributed by atoms with E-state index in [1.54, 1.807) is 11.8 Å². The molecule has 1 saturated heterocycles. The smallest absolute Gasteiger partial charge is 0.251 e. The Morgan fingerprint density at radius 3 is 2.42 bits per heavy atom. The lowest BCUT2D eigenvalue weighted by Crippen LogP contribution is -2.50. The molecule has 0 aromatic heterocycles. The summed E-state index contributed by atoms with van der Waals surface area (Å²) in [6.45, 7) is 0.749. The second-order valence-corrected chi connectivity index (χ2v) is 11.6. The Morgan fingerprint density at radius 1 is 0.895 bits per heavy atom. The van der Waals surface area contributed by atoms with Crippen LogP contribution >= 0.6 is 11.8 Å². The number of para-hydroxylation sites is 1. The molecule has 5 nitrogen and oxygen atoms in total. The normalized spacial score (nSPS) is 26.1. The molecular weight excluding hydrogens is 490 g/mol. The Kier molecular flexibility index (Phi) is 7.16. The number of likely N-dealkylation sites (tertiary alicyclic amines) is 1. The van der Waals surface area contributed by atoms with Gasteiger partial charge in [0.25, 0.3) is 5.91 Å². The van der Waals surface area contributed by atoms with E-state index in [9.17, 15) is 9.59 Å². The Morgan fingerprint density at radius 2 is 1.63 bits per heavy atom. The maximum Gasteiger partial charge on any atom is 0.251 e. The molecule has 3 aliphatic rings. The van der Waals surface area contributed by atoms with E-state index in [4.69, 9.17) is 0 Å². The fourth-order valence-corrected chi connectivity index (χ4v) is 7.18. The summed E-state index contributed by atoms with van der Waals surface area (Å²) in [7, 11) is 0. The van der Waals surface area contributed by atoms with Gasteiger partial charge in [0.1, 0.15) is 0 Å². The third-order valence-electron chi connectivity index (χ3n) is 8.66. The van der Waals surface area contributed by atoms with E-state index in [0.717, 1.165) is 44.3 Å². The lowest BCUT2D eigenvalue weighted by atomic mass is 9.79. The molecule has 5 atom stereocenters. The maximum atomic E-state index is 14.3. The van der Waals surface area contributed by atoms with Gasteiger partial charge in [-0.25, -0.2) is 0 Å². The van der Waals surface area contributed by atoms with Crippen molar-refractivity contribution in [1.82, 2.24) is 10.2 Å². The summed E-state index contributed by atoms with van der Waals surface area (Å²) in [5, 5.41) is 7.04. The Balaban J connectivity index is 1.27. The first-order valence-electron chi connectivity index (χ1n) is 13.8. The van der Waals surface area contributed by atoms with Crippen LogP contribution in [0.2, 0.25) is 0 Å². The van der Waals surface area contributed by atoms with Gasteiger partial charge in [-0.3, -0.25) is 9.59 Å². The average molecular weight is 526 g/mol. The molecule has 6 heteroatoms. The first kappa shape index (κ1) is 25.1. The first-order chi connectivity index (χ1) is 18.6. The summed E-state index contributed by atoms with van der Waals surface area (Å²) < 4.78 is 0. The minimum atomic E-state index is -0.184. The molecular formula is C32H35N3O2S. The SMILES string of the molecule is CSc1ccc([C@@H]2Nc3ccccc3[C@H]3[C@@H]2CCN3C(=O)[C@H]2CCCC[C@H]2NC(=O)c2ccccc2)cc1. The third kappa shape index (κ3) is 4.71. The van der Waals surface area contributed by atoms with Crippen LogP contribution in [0.25, 0.3) is 0 Å².